The van der Waals surface area contributed by atoms with Gasteiger partial charge in [-0.05, 0) is 50.2 Å². The van der Waals surface area contributed by atoms with Crippen molar-refractivity contribution in [3.05, 3.63) is 87.0 Å². The van der Waals surface area contributed by atoms with Crippen molar-refractivity contribution in [3.63, 3.8) is 0 Å². The molecule has 2 aromatic carbocycles. The van der Waals surface area contributed by atoms with Gasteiger partial charge in [-0.2, -0.15) is 5.10 Å². The molecule has 0 aliphatic heterocycles. The molecule has 3 aromatic rings. The molecular weight excluding hydrogens is 427 g/mol. The van der Waals surface area contributed by atoms with E-state index in [4.69, 9.17) is 16.3 Å². The first kappa shape index (κ1) is 22.0. The molecule has 1 heterocycles. The van der Waals surface area contributed by atoms with E-state index in [0.717, 1.165) is 0 Å². The number of benzene rings is 2. The number of ether oxygens (including phenoxy) is 1. The van der Waals surface area contributed by atoms with Crippen LogP contribution in [0.5, 0.6) is 5.75 Å². The molecule has 0 saturated heterocycles. The van der Waals surface area contributed by atoms with Crippen molar-refractivity contribution in [2.24, 2.45) is 0 Å². The summed E-state index contributed by atoms with van der Waals surface area (Å²) in [6.07, 6.45) is -1.12. The van der Waals surface area contributed by atoms with Crippen molar-refractivity contribution in [1.82, 2.24) is 20.6 Å². The summed E-state index contributed by atoms with van der Waals surface area (Å²) in [6.45, 7) is 3.04. The van der Waals surface area contributed by atoms with Gasteiger partial charge in [-0.1, -0.05) is 23.7 Å². The van der Waals surface area contributed by atoms with E-state index in [1.807, 2.05) is 0 Å². The second-order valence-electron chi connectivity index (χ2n) is 6.52. The first-order valence-corrected chi connectivity index (χ1v) is 9.52. The second-order valence-corrected chi connectivity index (χ2v) is 6.96. The van der Waals surface area contributed by atoms with Crippen molar-refractivity contribution < 1.29 is 18.7 Å². The molecule has 1 aromatic heterocycles. The lowest BCUT2D eigenvalue weighted by Gasteiger charge is -2.15. The highest BCUT2D eigenvalue weighted by atomic mass is 35.5. The van der Waals surface area contributed by atoms with Crippen molar-refractivity contribution >= 4 is 23.4 Å². The summed E-state index contributed by atoms with van der Waals surface area (Å²) in [4.78, 5) is 36.8. The monoisotopic (exact) mass is 444 g/mol. The third kappa shape index (κ3) is 5.26. The van der Waals surface area contributed by atoms with Crippen LogP contribution in [-0.2, 0) is 4.79 Å². The molecule has 2 amide bonds. The fourth-order valence-electron chi connectivity index (χ4n) is 2.61. The molecular formula is C21H18ClFN4O4. The number of nitrogens with one attached hydrogen (secondary N) is 2. The molecule has 0 fully saturated rings. The van der Waals surface area contributed by atoms with Crippen molar-refractivity contribution in [2.45, 2.75) is 20.0 Å². The maximum atomic E-state index is 13.6. The fourth-order valence-corrected chi connectivity index (χ4v) is 2.74. The zero-order chi connectivity index (χ0) is 22.5. The molecule has 0 saturated carbocycles. The number of carbonyl (C=O) groups excluding carboxylic acids is 2. The van der Waals surface area contributed by atoms with E-state index < -0.39 is 34.9 Å². The standard InChI is InChI=1S/C21H18ClFN4O4/c1-12-11-17(28)19(26-27(12)15-9-7-14(22)8-10-15)21(30)25-24-20(29)13(2)31-18-6-4-3-5-16(18)23/h3-11,13H,1-2H3,(H,24,29)(H,25,30)/t13-/m0/s1. The third-order valence-corrected chi connectivity index (χ3v) is 4.45. The molecule has 1 atom stereocenters. The fraction of sp³-hybridized carbons (Fsp3) is 0.143. The minimum absolute atomic E-state index is 0.109. The van der Waals surface area contributed by atoms with Gasteiger partial charge in [0, 0.05) is 16.8 Å². The maximum Gasteiger partial charge on any atom is 0.294 e. The van der Waals surface area contributed by atoms with E-state index in [2.05, 4.69) is 16.0 Å². The zero-order valence-corrected chi connectivity index (χ0v) is 17.3. The van der Waals surface area contributed by atoms with Crippen LogP contribution < -0.4 is 21.0 Å². The van der Waals surface area contributed by atoms with Gasteiger partial charge < -0.3 is 4.74 Å². The van der Waals surface area contributed by atoms with Crippen LogP contribution in [0.3, 0.4) is 0 Å². The van der Waals surface area contributed by atoms with E-state index in [1.165, 1.54) is 35.9 Å². The minimum atomic E-state index is -1.12. The van der Waals surface area contributed by atoms with Crippen LogP contribution in [0.25, 0.3) is 5.69 Å². The summed E-state index contributed by atoms with van der Waals surface area (Å²) in [6, 6.07) is 13.5. The molecule has 0 spiro atoms. The van der Waals surface area contributed by atoms with Gasteiger partial charge in [0.25, 0.3) is 11.8 Å². The number of amides is 2. The van der Waals surface area contributed by atoms with E-state index in [0.29, 0.717) is 16.4 Å². The van der Waals surface area contributed by atoms with Crippen LogP contribution in [-0.4, -0.2) is 27.7 Å². The topological polar surface area (TPSA) is 102 Å². The molecule has 160 valence electrons. The Balaban J connectivity index is 1.70. The highest BCUT2D eigenvalue weighted by Crippen LogP contribution is 2.17. The van der Waals surface area contributed by atoms with Gasteiger partial charge in [-0.25, -0.2) is 9.07 Å². The summed E-state index contributed by atoms with van der Waals surface area (Å²) in [5.41, 5.74) is 4.30. The van der Waals surface area contributed by atoms with Crippen LogP contribution in [0, 0.1) is 12.7 Å². The number of nitrogens with zero attached hydrogens (tertiary/aromatic N) is 2. The normalized spacial score (nSPS) is 11.5. The number of carbonyl (C=O) groups is 2. The molecule has 3 rings (SSSR count). The zero-order valence-electron chi connectivity index (χ0n) is 16.6. The lowest BCUT2D eigenvalue weighted by Crippen LogP contribution is -2.48. The number of aromatic nitrogens is 2. The average molecular weight is 445 g/mol. The number of halogens is 2. The summed E-state index contributed by atoms with van der Waals surface area (Å²) in [5, 5.41) is 4.61. The minimum Gasteiger partial charge on any atom is -0.478 e. The second kappa shape index (κ2) is 9.40. The molecule has 31 heavy (non-hydrogen) atoms. The van der Waals surface area contributed by atoms with E-state index in [9.17, 15) is 18.8 Å². The van der Waals surface area contributed by atoms with Gasteiger partial charge in [0.1, 0.15) is 0 Å². The van der Waals surface area contributed by atoms with Gasteiger partial charge in [0.05, 0.1) is 5.69 Å². The smallest absolute Gasteiger partial charge is 0.294 e. The van der Waals surface area contributed by atoms with Gasteiger partial charge in [0.15, 0.2) is 23.4 Å². The molecule has 0 aliphatic rings. The van der Waals surface area contributed by atoms with Crippen molar-refractivity contribution in [3.8, 4) is 11.4 Å². The quantitative estimate of drug-likeness (QED) is 0.589. The Kier molecular flexibility index (Phi) is 6.66. The maximum absolute atomic E-state index is 13.6. The molecule has 2 N–H and O–H groups in total. The van der Waals surface area contributed by atoms with Crippen molar-refractivity contribution in [2.75, 3.05) is 0 Å². The lowest BCUT2D eigenvalue weighted by molar-refractivity contribution is -0.128. The summed E-state index contributed by atoms with van der Waals surface area (Å²) in [7, 11) is 0. The first-order valence-electron chi connectivity index (χ1n) is 9.14. The van der Waals surface area contributed by atoms with Gasteiger partial charge in [-0.3, -0.25) is 25.2 Å². The number of para-hydroxylation sites is 1. The lowest BCUT2D eigenvalue weighted by atomic mass is 10.2. The molecule has 10 heteroatoms. The summed E-state index contributed by atoms with van der Waals surface area (Å²) < 4.78 is 20.3. The van der Waals surface area contributed by atoms with Crippen LogP contribution in [0.2, 0.25) is 5.02 Å². The van der Waals surface area contributed by atoms with Gasteiger partial charge >= 0.3 is 0 Å². The summed E-state index contributed by atoms with van der Waals surface area (Å²) >= 11 is 5.89. The molecule has 8 nitrogen and oxygen atoms in total. The SMILES string of the molecule is Cc1cc(=O)c(C(=O)NNC(=O)[C@H](C)Oc2ccccc2F)nn1-c1ccc(Cl)cc1. The number of hydrogen-bond donors (Lipinski definition) is 2. The van der Waals surface area contributed by atoms with E-state index in [1.54, 1.807) is 37.3 Å². The Morgan fingerprint density at radius 2 is 1.81 bits per heavy atom. The van der Waals surface area contributed by atoms with Crippen LogP contribution in [0.15, 0.2) is 59.4 Å². The predicted octanol–water partition coefficient (Wildman–Crippen LogP) is 2.56. The summed E-state index contributed by atoms with van der Waals surface area (Å²) in [5.74, 6) is -2.40. The highest BCUT2D eigenvalue weighted by Gasteiger charge is 2.20. The van der Waals surface area contributed by atoms with Crippen molar-refractivity contribution in [1.29, 1.82) is 0 Å². The number of hydrogen-bond acceptors (Lipinski definition) is 5. The largest absolute Gasteiger partial charge is 0.478 e. The molecule has 0 radical (unpaired) electrons. The highest BCUT2D eigenvalue weighted by molar-refractivity contribution is 6.30. The Morgan fingerprint density at radius 3 is 2.48 bits per heavy atom. The van der Waals surface area contributed by atoms with Gasteiger partial charge in [0.2, 0.25) is 5.43 Å². The molecule has 0 unspecified atom stereocenters. The van der Waals surface area contributed by atoms with Crippen LogP contribution in [0.4, 0.5) is 4.39 Å². The Morgan fingerprint density at radius 1 is 1.13 bits per heavy atom. The van der Waals surface area contributed by atoms with E-state index in [-0.39, 0.29) is 5.75 Å². The van der Waals surface area contributed by atoms with Gasteiger partial charge in [-0.15, -0.1) is 0 Å². The Hall–Kier alpha value is -3.72. The number of aryl methyl sites for hydroxylation is 1. The first-order chi connectivity index (χ1) is 14.8. The van der Waals surface area contributed by atoms with Crippen LogP contribution in [0.1, 0.15) is 23.1 Å². The number of rotatable bonds is 5. The predicted molar refractivity (Wildman–Crippen MR) is 112 cm³/mol. The Labute approximate surface area is 181 Å². The third-order valence-electron chi connectivity index (χ3n) is 4.20. The number of hydrazine groups is 1. The molecule has 0 aliphatic carbocycles. The van der Waals surface area contributed by atoms with E-state index >= 15 is 0 Å². The van der Waals surface area contributed by atoms with Crippen LogP contribution >= 0.6 is 11.6 Å². The average Bonchev–Trinajstić information content (AvgIpc) is 2.74. The Bertz CT molecular complexity index is 1180. The molecule has 0 bridgehead atoms.